The van der Waals surface area contributed by atoms with Gasteiger partial charge in [-0.1, -0.05) is 30.3 Å². The van der Waals surface area contributed by atoms with E-state index in [2.05, 4.69) is 0 Å². The summed E-state index contributed by atoms with van der Waals surface area (Å²) in [6.45, 7) is -0.477. The number of carbonyl (C=O) groups excluding carboxylic acids is 3. The number of amides is 1. The van der Waals surface area contributed by atoms with Crippen LogP contribution in [0.1, 0.15) is 28.7 Å². The van der Waals surface area contributed by atoms with Gasteiger partial charge in [-0.2, -0.15) is 0 Å². The highest BCUT2D eigenvalue weighted by molar-refractivity contribution is 5.87. The van der Waals surface area contributed by atoms with E-state index in [1.54, 1.807) is 0 Å². The second-order valence-corrected chi connectivity index (χ2v) is 7.77. The molecule has 1 amide bonds. The fourth-order valence-corrected chi connectivity index (χ4v) is 4.18. The van der Waals surface area contributed by atoms with Gasteiger partial charge in [-0.05, 0) is 53.6 Å². The van der Waals surface area contributed by atoms with Crippen LogP contribution in [0.5, 0.6) is 5.75 Å². The molecule has 0 saturated heterocycles. The van der Waals surface area contributed by atoms with Crippen molar-refractivity contribution in [3.05, 3.63) is 64.7 Å². The number of methoxy groups -OCH3 is 1. The Morgan fingerprint density at radius 2 is 1.74 bits per heavy atom. The van der Waals surface area contributed by atoms with Gasteiger partial charge in [0.1, 0.15) is 11.8 Å². The average molecular weight is 423 g/mol. The fourth-order valence-electron chi connectivity index (χ4n) is 4.18. The highest BCUT2D eigenvalue weighted by Gasteiger charge is 2.35. The standard InChI is InChI=1S/C24H25NO6/c1-29-24(28)21-12-18-5-2-3-6-19(18)13-25(21)22(26)14-31-23(27)15-30-20-10-9-16-7-4-8-17(16)11-20/h2-3,5-6,9-11,21H,4,7-8,12-15H2,1H3/t21-/m1/s1. The van der Waals surface area contributed by atoms with Crippen LogP contribution in [-0.2, 0) is 49.7 Å². The average Bonchev–Trinajstić information content (AvgIpc) is 3.27. The number of benzene rings is 2. The third-order valence-electron chi connectivity index (χ3n) is 5.83. The van der Waals surface area contributed by atoms with Crippen LogP contribution >= 0.6 is 0 Å². The third-order valence-corrected chi connectivity index (χ3v) is 5.83. The Hall–Kier alpha value is -3.35. The van der Waals surface area contributed by atoms with Crippen molar-refractivity contribution < 1.29 is 28.6 Å². The first-order chi connectivity index (χ1) is 15.0. The fraction of sp³-hybridized carbons (Fsp3) is 0.375. The third kappa shape index (κ3) is 4.71. The van der Waals surface area contributed by atoms with Gasteiger partial charge in [0.2, 0.25) is 0 Å². The second kappa shape index (κ2) is 9.20. The Balaban J connectivity index is 1.32. The molecule has 0 aromatic heterocycles. The Morgan fingerprint density at radius 1 is 0.968 bits per heavy atom. The number of carbonyl (C=O) groups is 3. The largest absolute Gasteiger partial charge is 0.482 e. The number of fused-ring (bicyclic) bond motifs is 2. The molecule has 7 heteroatoms. The van der Waals surface area contributed by atoms with Gasteiger partial charge in [-0.15, -0.1) is 0 Å². The van der Waals surface area contributed by atoms with E-state index in [9.17, 15) is 14.4 Å². The lowest BCUT2D eigenvalue weighted by Crippen LogP contribution is -2.50. The topological polar surface area (TPSA) is 82.1 Å². The number of ether oxygens (including phenoxy) is 3. The predicted molar refractivity (Wildman–Crippen MR) is 111 cm³/mol. The van der Waals surface area contributed by atoms with Gasteiger partial charge in [-0.25, -0.2) is 9.59 Å². The Bertz CT molecular complexity index is 1000. The lowest BCUT2D eigenvalue weighted by atomic mass is 9.94. The van der Waals surface area contributed by atoms with Crippen LogP contribution in [-0.4, -0.2) is 49.1 Å². The van der Waals surface area contributed by atoms with Crippen molar-refractivity contribution in [2.75, 3.05) is 20.3 Å². The zero-order valence-corrected chi connectivity index (χ0v) is 17.5. The molecule has 2 aliphatic rings. The minimum atomic E-state index is -0.742. The van der Waals surface area contributed by atoms with Crippen molar-refractivity contribution in [2.45, 2.75) is 38.3 Å². The van der Waals surface area contributed by atoms with Crippen molar-refractivity contribution >= 4 is 17.8 Å². The van der Waals surface area contributed by atoms with Gasteiger partial charge in [0, 0.05) is 13.0 Å². The van der Waals surface area contributed by atoms with Gasteiger partial charge in [0.25, 0.3) is 5.91 Å². The zero-order chi connectivity index (χ0) is 21.8. The smallest absolute Gasteiger partial charge is 0.344 e. The van der Waals surface area contributed by atoms with Crippen LogP contribution in [0.2, 0.25) is 0 Å². The van der Waals surface area contributed by atoms with E-state index in [-0.39, 0.29) is 13.2 Å². The van der Waals surface area contributed by atoms with Gasteiger partial charge in [-0.3, -0.25) is 4.79 Å². The maximum absolute atomic E-state index is 12.7. The van der Waals surface area contributed by atoms with Gasteiger partial charge < -0.3 is 19.1 Å². The van der Waals surface area contributed by atoms with Crippen LogP contribution in [0, 0.1) is 0 Å². The lowest BCUT2D eigenvalue weighted by molar-refractivity contribution is -0.160. The van der Waals surface area contributed by atoms with E-state index in [1.807, 2.05) is 42.5 Å². The SMILES string of the molecule is COC(=O)[C@H]1Cc2ccccc2CN1C(=O)COC(=O)COc1ccc2c(c1)CCC2. The molecule has 0 N–H and O–H groups in total. The zero-order valence-electron chi connectivity index (χ0n) is 17.5. The van der Waals surface area contributed by atoms with Crippen LogP contribution in [0.15, 0.2) is 42.5 Å². The Kier molecular flexibility index (Phi) is 6.21. The summed E-state index contributed by atoms with van der Waals surface area (Å²) in [7, 11) is 1.29. The molecule has 1 heterocycles. The summed E-state index contributed by atoms with van der Waals surface area (Å²) in [6.07, 6.45) is 3.60. The van der Waals surface area contributed by atoms with E-state index in [0.717, 1.165) is 30.4 Å². The summed E-state index contributed by atoms with van der Waals surface area (Å²) in [5.74, 6) is -0.965. The molecule has 0 spiro atoms. The first kappa shape index (κ1) is 20.9. The molecule has 4 rings (SSSR count). The summed E-state index contributed by atoms with van der Waals surface area (Å²) in [5, 5.41) is 0. The molecule has 0 unspecified atom stereocenters. The number of aryl methyl sites for hydroxylation is 2. The first-order valence-corrected chi connectivity index (χ1v) is 10.4. The summed E-state index contributed by atoms with van der Waals surface area (Å²) in [4.78, 5) is 38.5. The minimum Gasteiger partial charge on any atom is -0.482 e. The van der Waals surface area contributed by atoms with Crippen molar-refractivity contribution in [1.82, 2.24) is 4.90 Å². The van der Waals surface area contributed by atoms with Crippen molar-refractivity contribution in [3.63, 3.8) is 0 Å². The summed E-state index contributed by atoms with van der Waals surface area (Å²) in [5.41, 5.74) is 4.54. The highest BCUT2D eigenvalue weighted by atomic mass is 16.6. The number of nitrogens with zero attached hydrogens (tertiary/aromatic N) is 1. The minimum absolute atomic E-state index is 0.262. The van der Waals surface area contributed by atoms with Crippen LogP contribution < -0.4 is 4.74 Å². The number of esters is 2. The summed E-state index contributed by atoms with van der Waals surface area (Å²) >= 11 is 0. The molecule has 0 radical (unpaired) electrons. The molecule has 31 heavy (non-hydrogen) atoms. The van der Waals surface area contributed by atoms with Crippen molar-refractivity contribution in [3.8, 4) is 5.75 Å². The molecule has 162 valence electrons. The van der Waals surface area contributed by atoms with E-state index in [0.29, 0.717) is 12.2 Å². The summed E-state index contributed by atoms with van der Waals surface area (Å²) < 4.78 is 15.5. The number of rotatable bonds is 6. The summed E-state index contributed by atoms with van der Waals surface area (Å²) in [6, 6.07) is 12.7. The molecule has 2 aromatic carbocycles. The monoisotopic (exact) mass is 423 g/mol. The van der Waals surface area contributed by atoms with Crippen LogP contribution in [0.4, 0.5) is 0 Å². The van der Waals surface area contributed by atoms with E-state index in [4.69, 9.17) is 14.2 Å². The van der Waals surface area contributed by atoms with E-state index < -0.39 is 30.5 Å². The van der Waals surface area contributed by atoms with Crippen molar-refractivity contribution in [1.29, 1.82) is 0 Å². The van der Waals surface area contributed by atoms with Crippen LogP contribution in [0.3, 0.4) is 0 Å². The number of hydrogen-bond acceptors (Lipinski definition) is 6. The maximum Gasteiger partial charge on any atom is 0.344 e. The maximum atomic E-state index is 12.7. The first-order valence-electron chi connectivity index (χ1n) is 10.4. The molecule has 2 aromatic rings. The molecule has 1 aliphatic carbocycles. The normalized spacial score (nSPS) is 16.8. The Labute approximate surface area is 180 Å². The molecular formula is C24H25NO6. The van der Waals surface area contributed by atoms with Crippen molar-refractivity contribution in [2.24, 2.45) is 0 Å². The molecule has 1 aliphatic heterocycles. The van der Waals surface area contributed by atoms with E-state index in [1.165, 1.54) is 23.1 Å². The molecule has 0 saturated carbocycles. The molecule has 7 nitrogen and oxygen atoms in total. The number of hydrogen-bond donors (Lipinski definition) is 0. The Morgan fingerprint density at radius 3 is 2.55 bits per heavy atom. The van der Waals surface area contributed by atoms with Gasteiger partial charge in [0.05, 0.1) is 7.11 Å². The molecule has 1 atom stereocenters. The molecule has 0 bridgehead atoms. The van der Waals surface area contributed by atoms with Gasteiger partial charge in [0.15, 0.2) is 13.2 Å². The highest BCUT2D eigenvalue weighted by Crippen LogP contribution is 2.26. The second-order valence-electron chi connectivity index (χ2n) is 7.77. The quantitative estimate of drug-likeness (QED) is 0.663. The van der Waals surface area contributed by atoms with E-state index >= 15 is 0 Å². The van der Waals surface area contributed by atoms with Gasteiger partial charge >= 0.3 is 11.9 Å². The van der Waals surface area contributed by atoms with Crippen LogP contribution in [0.25, 0.3) is 0 Å². The predicted octanol–water partition coefficient (Wildman–Crippen LogP) is 2.22. The molecule has 0 fully saturated rings. The lowest BCUT2D eigenvalue weighted by Gasteiger charge is -2.35. The molecular weight excluding hydrogens is 398 g/mol.